The molecule has 0 N–H and O–H groups in total. The molecule has 26 heavy (non-hydrogen) atoms. The minimum absolute atomic E-state index is 0.0987. The van der Waals surface area contributed by atoms with Gasteiger partial charge in [-0.3, -0.25) is 19.5 Å². The van der Waals surface area contributed by atoms with E-state index in [2.05, 4.69) is 9.88 Å². The molecule has 2 amide bonds. The van der Waals surface area contributed by atoms with E-state index in [1.54, 1.807) is 12.4 Å². The van der Waals surface area contributed by atoms with Crippen LogP contribution < -0.4 is 0 Å². The Hall–Kier alpha value is -1.95. The molecule has 1 aromatic rings. The summed E-state index contributed by atoms with van der Waals surface area (Å²) in [6.45, 7) is 6.40. The number of piperidine rings is 2. The Morgan fingerprint density at radius 3 is 2.77 bits per heavy atom. The molecule has 142 valence electrons. The molecule has 2 fully saturated rings. The highest BCUT2D eigenvalue weighted by Gasteiger charge is 2.42. The molecule has 0 radical (unpaired) electrons. The van der Waals surface area contributed by atoms with Gasteiger partial charge in [-0.15, -0.1) is 0 Å². The van der Waals surface area contributed by atoms with Crippen LogP contribution in [0.1, 0.15) is 38.2 Å². The Morgan fingerprint density at radius 1 is 1.27 bits per heavy atom. The fraction of sp³-hybridized carbons (Fsp3) is 0.650. The predicted octanol–water partition coefficient (Wildman–Crippen LogP) is 1.76. The Kier molecular flexibility index (Phi) is 5.91. The van der Waals surface area contributed by atoms with Gasteiger partial charge in [0.25, 0.3) is 0 Å². The van der Waals surface area contributed by atoms with Crippen LogP contribution >= 0.6 is 0 Å². The molecule has 2 aliphatic rings. The van der Waals surface area contributed by atoms with Gasteiger partial charge in [-0.25, -0.2) is 0 Å². The molecule has 0 bridgehead atoms. The summed E-state index contributed by atoms with van der Waals surface area (Å²) >= 11 is 0. The molecule has 6 heteroatoms. The number of likely N-dealkylation sites (tertiary alicyclic amines) is 2. The summed E-state index contributed by atoms with van der Waals surface area (Å²) in [6.07, 6.45) is 7.25. The van der Waals surface area contributed by atoms with Crippen molar-refractivity contribution in [2.24, 2.45) is 5.41 Å². The summed E-state index contributed by atoms with van der Waals surface area (Å²) in [5.41, 5.74) is 1.26. The average Bonchev–Trinajstić information content (AvgIpc) is 2.65. The fourth-order valence-electron chi connectivity index (χ4n) is 4.33. The Balaban J connectivity index is 1.57. The molecule has 2 aliphatic heterocycles. The number of rotatable bonds is 5. The van der Waals surface area contributed by atoms with Gasteiger partial charge in [-0.05, 0) is 50.9 Å². The fourth-order valence-corrected chi connectivity index (χ4v) is 4.33. The zero-order chi connectivity index (χ0) is 18.6. The van der Waals surface area contributed by atoms with E-state index in [9.17, 15) is 9.59 Å². The van der Waals surface area contributed by atoms with E-state index in [1.807, 2.05) is 35.9 Å². The second-order valence-corrected chi connectivity index (χ2v) is 7.85. The van der Waals surface area contributed by atoms with Crippen molar-refractivity contribution in [2.75, 3.05) is 39.8 Å². The zero-order valence-electron chi connectivity index (χ0n) is 16.0. The summed E-state index contributed by atoms with van der Waals surface area (Å²) in [7, 11) is 1.98. The monoisotopic (exact) mass is 358 g/mol. The normalized spacial score (nSPS) is 23.7. The van der Waals surface area contributed by atoms with E-state index >= 15 is 0 Å². The number of pyridine rings is 1. The molecule has 1 aromatic heterocycles. The summed E-state index contributed by atoms with van der Waals surface area (Å²) < 4.78 is 0. The quantitative estimate of drug-likeness (QED) is 0.805. The van der Waals surface area contributed by atoms with Gasteiger partial charge < -0.3 is 9.80 Å². The maximum Gasteiger partial charge on any atom is 0.236 e. The predicted molar refractivity (Wildman–Crippen MR) is 100 cm³/mol. The van der Waals surface area contributed by atoms with Gasteiger partial charge in [0.05, 0.1) is 6.54 Å². The summed E-state index contributed by atoms with van der Waals surface area (Å²) in [6, 6.07) is 3.96. The highest BCUT2D eigenvalue weighted by atomic mass is 16.2. The van der Waals surface area contributed by atoms with Gasteiger partial charge in [0.2, 0.25) is 11.8 Å². The zero-order valence-corrected chi connectivity index (χ0v) is 16.0. The van der Waals surface area contributed by atoms with Gasteiger partial charge >= 0.3 is 0 Å². The maximum atomic E-state index is 12.8. The summed E-state index contributed by atoms with van der Waals surface area (Å²) in [4.78, 5) is 34.9. The van der Waals surface area contributed by atoms with Crippen LogP contribution in [-0.4, -0.2) is 71.3 Å². The lowest BCUT2D eigenvalue weighted by Gasteiger charge is -2.48. The van der Waals surface area contributed by atoms with E-state index in [1.165, 1.54) is 0 Å². The lowest BCUT2D eigenvalue weighted by Crippen LogP contribution is -2.55. The minimum Gasteiger partial charge on any atom is -0.342 e. The number of nitrogens with zero attached hydrogens (tertiary/aromatic N) is 4. The molecular formula is C20H30N4O2. The lowest BCUT2D eigenvalue weighted by molar-refractivity contribution is -0.143. The Bertz CT molecular complexity index is 636. The highest BCUT2D eigenvalue weighted by molar-refractivity contribution is 5.79. The van der Waals surface area contributed by atoms with Crippen molar-refractivity contribution in [1.82, 2.24) is 19.7 Å². The smallest absolute Gasteiger partial charge is 0.236 e. The Morgan fingerprint density at radius 2 is 2.04 bits per heavy atom. The van der Waals surface area contributed by atoms with Crippen LogP contribution in [0.4, 0.5) is 0 Å². The summed E-state index contributed by atoms with van der Waals surface area (Å²) in [5.74, 6) is 0.458. The molecule has 0 aliphatic carbocycles. The van der Waals surface area contributed by atoms with Crippen molar-refractivity contribution in [1.29, 1.82) is 0 Å². The molecule has 0 unspecified atom stereocenters. The number of aromatic nitrogens is 1. The van der Waals surface area contributed by atoms with Crippen molar-refractivity contribution in [2.45, 2.75) is 39.2 Å². The molecule has 1 atom stereocenters. The third kappa shape index (κ3) is 4.41. The molecule has 2 saturated heterocycles. The molecular weight excluding hydrogens is 328 g/mol. The maximum absolute atomic E-state index is 12.8. The first-order valence-electron chi connectivity index (χ1n) is 9.64. The largest absolute Gasteiger partial charge is 0.342 e. The van der Waals surface area contributed by atoms with Crippen molar-refractivity contribution >= 4 is 11.8 Å². The molecule has 3 heterocycles. The third-order valence-electron chi connectivity index (χ3n) is 5.75. The van der Waals surface area contributed by atoms with E-state index in [0.717, 1.165) is 57.5 Å². The molecule has 3 rings (SSSR count). The van der Waals surface area contributed by atoms with Crippen molar-refractivity contribution < 1.29 is 9.59 Å². The average molecular weight is 358 g/mol. The number of carbonyl (C=O) groups excluding carboxylic acids is 2. The van der Waals surface area contributed by atoms with Crippen LogP contribution in [0.25, 0.3) is 0 Å². The standard InChI is InChI=1S/C20H30N4O2/c1-3-23-15-20(9-5-18(23)25)8-4-12-24(16-20)19(26)14-22(2)13-17-6-10-21-11-7-17/h6-7,10-11H,3-5,8-9,12-16H2,1-2H3/t20-/m1/s1. The van der Waals surface area contributed by atoms with Gasteiger partial charge in [-0.2, -0.15) is 0 Å². The van der Waals surface area contributed by atoms with E-state index in [4.69, 9.17) is 0 Å². The van der Waals surface area contributed by atoms with Crippen molar-refractivity contribution in [3.05, 3.63) is 30.1 Å². The number of likely N-dealkylation sites (N-methyl/N-ethyl adjacent to an activating group) is 1. The highest BCUT2D eigenvalue weighted by Crippen LogP contribution is 2.38. The van der Waals surface area contributed by atoms with E-state index in [-0.39, 0.29) is 17.2 Å². The van der Waals surface area contributed by atoms with Crippen molar-refractivity contribution in [3.8, 4) is 0 Å². The Labute approximate surface area is 156 Å². The summed E-state index contributed by atoms with van der Waals surface area (Å²) in [5, 5.41) is 0. The second kappa shape index (κ2) is 8.16. The molecule has 0 aromatic carbocycles. The van der Waals surface area contributed by atoms with Gasteiger partial charge in [0.15, 0.2) is 0 Å². The second-order valence-electron chi connectivity index (χ2n) is 7.85. The molecule has 0 saturated carbocycles. The first kappa shape index (κ1) is 18.8. The lowest BCUT2D eigenvalue weighted by atomic mass is 9.73. The van der Waals surface area contributed by atoms with Crippen LogP contribution in [0.2, 0.25) is 0 Å². The van der Waals surface area contributed by atoms with E-state index < -0.39 is 0 Å². The van der Waals surface area contributed by atoms with Gasteiger partial charge in [0, 0.05) is 57.0 Å². The van der Waals surface area contributed by atoms with Crippen LogP contribution in [-0.2, 0) is 16.1 Å². The number of hydrogen-bond acceptors (Lipinski definition) is 4. The van der Waals surface area contributed by atoms with Crippen LogP contribution in [0, 0.1) is 5.41 Å². The van der Waals surface area contributed by atoms with Crippen molar-refractivity contribution in [3.63, 3.8) is 0 Å². The SMILES string of the molecule is CCN1C[C@@]2(CCCN(C(=O)CN(C)Cc3ccncc3)C2)CCC1=O. The van der Waals surface area contributed by atoms with Gasteiger partial charge in [-0.1, -0.05) is 0 Å². The number of hydrogen-bond donors (Lipinski definition) is 0. The number of carbonyl (C=O) groups is 2. The first-order valence-corrected chi connectivity index (χ1v) is 9.64. The minimum atomic E-state index is 0.0987. The van der Waals surface area contributed by atoms with Gasteiger partial charge in [0.1, 0.15) is 0 Å². The molecule has 6 nitrogen and oxygen atoms in total. The van der Waals surface area contributed by atoms with Crippen LogP contribution in [0.5, 0.6) is 0 Å². The van der Waals surface area contributed by atoms with Crippen LogP contribution in [0.3, 0.4) is 0 Å². The topological polar surface area (TPSA) is 56.8 Å². The third-order valence-corrected chi connectivity index (χ3v) is 5.75. The number of amides is 2. The van der Waals surface area contributed by atoms with Crippen LogP contribution in [0.15, 0.2) is 24.5 Å². The molecule has 1 spiro atoms. The first-order chi connectivity index (χ1) is 12.5. The van der Waals surface area contributed by atoms with E-state index in [0.29, 0.717) is 13.0 Å².